The zero-order chi connectivity index (χ0) is 17.3. The maximum Gasteiger partial charge on any atom is 0.169 e. The second-order valence-electron chi connectivity index (χ2n) is 5.29. The highest BCUT2D eigenvalue weighted by molar-refractivity contribution is 6.30. The summed E-state index contributed by atoms with van der Waals surface area (Å²) in [6, 6.07) is 7.94. The third kappa shape index (κ3) is 2.95. The quantitative estimate of drug-likeness (QED) is 0.696. The van der Waals surface area contributed by atoms with Gasteiger partial charge in [-0.3, -0.25) is 4.79 Å². The Morgan fingerprint density at radius 2 is 1.92 bits per heavy atom. The van der Waals surface area contributed by atoms with Gasteiger partial charge < -0.3 is 14.5 Å². The molecule has 1 aromatic heterocycles. The van der Waals surface area contributed by atoms with E-state index in [-0.39, 0.29) is 18.0 Å². The van der Waals surface area contributed by atoms with Crippen LogP contribution < -0.4 is 9.47 Å². The number of halogens is 2. The Hall–Kier alpha value is -2.53. The van der Waals surface area contributed by atoms with Crippen LogP contribution in [0.4, 0.5) is 4.39 Å². The van der Waals surface area contributed by atoms with E-state index in [1.807, 2.05) is 0 Å². The second-order valence-corrected chi connectivity index (χ2v) is 5.73. The zero-order valence-electron chi connectivity index (χ0n) is 13.2. The number of aromatic amines is 1. The summed E-state index contributed by atoms with van der Waals surface area (Å²) < 4.78 is 24.2. The van der Waals surface area contributed by atoms with Crippen LogP contribution in [0.15, 0.2) is 36.5 Å². The number of ether oxygens (including phenoxy) is 2. The summed E-state index contributed by atoms with van der Waals surface area (Å²) in [4.78, 5) is 15.6. The van der Waals surface area contributed by atoms with Gasteiger partial charge in [0, 0.05) is 40.2 Å². The first-order chi connectivity index (χ1) is 11.5. The highest BCUT2D eigenvalue weighted by Crippen LogP contribution is 2.29. The third-order valence-corrected chi connectivity index (χ3v) is 4.09. The molecule has 4 nitrogen and oxygen atoms in total. The van der Waals surface area contributed by atoms with Gasteiger partial charge in [0.2, 0.25) is 0 Å². The molecule has 1 N–H and O–H groups in total. The Morgan fingerprint density at radius 3 is 2.62 bits per heavy atom. The van der Waals surface area contributed by atoms with E-state index in [1.54, 1.807) is 24.4 Å². The Kier molecular flexibility index (Phi) is 4.44. The fourth-order valence-corrected chi connectivity index (χ4v) is 2.81. The van der Waals surface area contributed by atoms with Crippen LogP contribution in [0.5, 0.6) is 11.5 Å². The van der Waals surface area contributed by atoms with E-state index in [0.29, 0.717) is 27.2 Å². The molecule has 0 amide bonds. The summed E-state index contributed by atoms with van der Waals surface area (Å²) in [5, 5.41) is 1.05. The molecule has 0 aliphatic rings. The van der Waals surface area contributed by atoms with Gasteiger partial charge in [-0.1, -0.05) is 17.7 Å². The molecule has 124 valence electrons. The molecule has 0 aliphatic heterocycles. The minimum atomic E-state index is -0.511. The number of hydrogen-bond acceptors (Lipinski definition) is 3. The molecular formula is C18H15ClFNO3. The lowest BCUT2D eigenvalue weighted by Gasteiger charge is -2.08. The van der Waals surface area contributed by atoms with E-state index in [9.17, 15) is 9.18 Å². The molecular weight excluding hydrogens is 333 g/mol. The number of aromatic nitrogens is 1. The zero-order valence-corrected chi connectivity index (χ0v) is 13.9. The number of rotatable bonds is 5. The van der Waals surface area contributed by atoms with E-state index >= 15 is 0 Å². The van der Waals surface area contributed by atoms with E-state index in [0.717, 1.165) is 5.56 Å². The van der Waals surface area contributed by atoms with E-state index < -0.39 is 5.82 Å². The Balaban J connectivity index is 1.96. The molecule has 0 bridgehead atoms. The van der Waals surface area contributed by atoms with Crippen LogP contribution in [0.2, 0.25) is 5.02 Å². The summed E-state index contributed by atoms with van der Waals surface area (Å²) in [5.74, 6) is 0.0143. The molecule has 0 radical (unpaired) electrons. The molecule has 0 spiro atoms. The van der Waals surface area contributed by atoms with Crippen LogP contribution in [0.3, 0.4) is 0 Å². The topological polar surface area (TPSA) is 51.3 Å². The number of benzene rings is 2. The second kappa shape index (κ2) is 6.53. The van der Waals surface area contributed by atoms with Gasteiger partial charge >= 0.3 is 0 Å². The maximum absolute atomic E-state index is 13.9. The third-order valence-electron chi connectivity index (χ3n) is 3.85. The predicted octanol–water partition coefficient (Wildman–Crippen LogP) is 4.40. The number of carbonyl (C=O) groups excluding carboxylic acids is 1. The number of hydrogen-bond donors (Lipinski definition) is 1. The number of ketones is 1. The maximum atomic E-state index is 13.9. The first-order valence-corrected chi connectivity index (χ1v) is 7.61. The number of nitrogens with one attached hydrogen (secondary N) is 1. The fourth-order valence-electron chi connectivity index (χ4n) is 2.64. The van der Waals surface area contributed by atoms with Gasteiger partial charge in [-0.25, -0.2) is 4.39 Å². The van der Waals surface area contributed by atoms with Crippen molar-refractivity contribution in [3.63, 3.8) is 0 Å². The van der Waals surface area contributed by atoms with Gasteiger partial charge in [-0.15, -0.1) is 0 Å². The predicted molar refractivity (Wildman–Crippen MR) is 90.8 cm³/mol. The van der Waals surface area contributed by atoms with E-state index in [1.165, 1.54) is 26.4 Å². The summed E-state index contributed by atoms with van der Waals surface area (Å²) in [7, 11) is 2.92. The van der Waals surface area contributed by atoms with Crippen molar-refractivity contribution in [2.75, 3.05) is 14.2 Å². The summed E-state index contributed by atoms with van der Waals surface area (Å²) in [6.07, 6.45) is 1.70. The first-order valence-electron chi connectivity index (χ1n) is 7.23. The van der Waals surface area contributed by atoms with Gasteiger partial charge in [0.05, 0.1) is 19.7 Å². The van der Waals surface area contributed by atoms with Crippen molar-refractivity contribution < 1.29 is 18.7 Å². The molecule has 2 aromatic carbocycles. The number of Topliss-reactive ketones (excluding diaryl/α,β-unsaturated/α-hetero) is 1. The molecule has 0 unspecified atom stereocenters. The van der Waals surface area contributed by atoms with Gasteiger partial charge in [0.1, 0.15) is 5.75 Å². The fraction of sp³-hybridized carbons (Fsp3) is 0.167. The number of H-pyrrole nitrogens is 1. The van der Waals surface area contributed by atoms with Crippen molar-refractivity contribution in [1.82, 2.24) is 4.98 Å². The number of carbonyl (C=O) groups is 1. The van der Waals surface area contributed by atoms with Gasteiger partial charge in [-0.05, 0) is 18.2 Å². The highest BCUT2D eigenvalue weighted by atomic mass is 35.5. The molecule has 3 rings (SSSR count). The summed E-state index contributed by atoms with van der Waals surface area (Å²) >= 11 is 5.93. The average Bonchev–Trinajstić information content (AvgIpc) is 2.98. The Labute approximate surface area is 143 Å². The smallest absolute Gasteiger partial charge is 0.169 e. The lowest BCUT2D eigenvalue weighted by molar-refractivity contribution is 0.0993. The molecule has 0 aliphatic carbocycles. The average molecular weight is 348 g/mol. The Morgan fingerprint density at radius 1 is 1.17 bits per heavy atom. The van der Waals surface area contributed by atoms with Crippen molar-refractivity contribution in [1.29, 1.82) is 0 Å². The molecule has 6 heteroatoms. The van der Waals surface area contributed by atoms with Crippen LogP contribution in [0.1, 0.15) is 15.9 Å². The summed E-state index contributed by atoms with van der Waals surface area (Å²) in [6.45, 7) is 0. The summed E-state index contributed by atoms with van der Waals surface area (Å²) in [5.41, 5.74) is 1.78. The first kappa shape index (κ1) is 16.3. The van der Waals surface area contributed by atoms with Crippen LogP contribution in [0, 0.1) is 5.82 Å². The van der Waals surface area contributed by atoms with Gasteiger partial charge in [0.15, 0.2) is 17.3 Å². The van der Waals surface area contributed by atoms with Crippen molar-refractivity contribution in [2.45, 2.75) is 6.42 Å². The molecule has 0 fully saturated rings. The van der Waals surface area contributed by atoms with E-state index in [2.05, 4.69) is 4.98 Å². The van der Waals surface area contributed by atoms with E-state index in [4.69, 9.17) is 21.1 Å². The van der Waals surface area contributed by atoms with Crippen molar-refractivity contribution in [3.05, 3.63) is 58.5 Å². The lowest BCUT2D eigenvalue weighted by atomic mass is 10.0. The van der Waals surface area contributed by atoms with Gasteiger partial charge in [-0.2, -0.15) is 0 Å². The van der Waals surface area contributed by atoms with Crippen LogP contribution in [-0.4, -0.2) is 25.0 Å². The van der Waals surface area contributed by atoms with Crippen LogP contribution in [0.25, 0.3) is 10.9 Å². The van der Waals surface area contributed by atoms with Gasteiger partial charge in [0.25, 0.3) is 0 Å². The molecule has 1 heterocycles. The minimum absolute atomic E-state index is 0.126. The van der Waals surface area contributed by atoms with Crippen LogP contribution in [-0.2, 0) is 6.42 Å². The monoisotopic (exact) mass is 347 g/mol. The molecule has 0 atom stereocenters. The number of fused-ring (bicyclic) bond motifs is 1. The lowest BCUT2D eigenvalue weighted by Crippen LogP contribution is -2.04. The molecule has 3 aromatic rings. The largest absolute Gasteiger partial charge is 0.496 e. The van der Waals surface area contributed by atoms with Crippen molar-refractivity contribution in [3.8, 4) is 11.5 Å². The normalized spacial score (nSPS) is 10.8. The minimum Gasteiger partial charge on any atom is -0.496 e. The van der Waals surface area contributed by atoms with Crippen LogP contribution >= 0.6 is 11.6 Å². The van der Waals surface area contributed by atoms with Crippen molar-refractivity contribution in [2.24, 2.45) is 0 Å². The molecule has 24 heavy (non-hydrogen) atoms. The standard InChI is InChI=1S/C18H15ClFNO3/c1-23-17-6-11(19)4-3-10(17)5-16(22)13-9-21-15-8-18(24-2)14(20)7-12(13)15/h3-4,6-9,21H,5H2,1-2H3. The molecule has 0 saturated carbocycles. The Bertz CT molecular complexity index is 920. The highest BCUT2D eigenvalue weighted by Gasteiger charge is 2.17. The molecule has 0 saturated heterocycles. The SMILES string of the molecule is COc1cc2[nH]cc(C(=O)Cc3ccc(Cl)cc3OC)c2cc1F. The number of methoxy groups -OCH3 is 2. The van der Waals surface area contributed by atoms with Crippen molar-refractivity contribution >= 4 is 28.3 Å².